The van der Waals surface area contributed by atoms with E-state index < -0.39 is 0 Å². The Morgan fingerprint density at radius 1 is 1.17 bits per heavy atom. The monoisotopic (exact) mass is 248 g/mol. The summed E-state index contributed by atoms with van der Waals surface area (Å²) in [5.74, 6) is 2.31. The molecule has 0 amide bonds. The predicted molar refractivity (Wildman–Crippen MR) is 68.5 cm³/mol. The lowest BCUT2D eigenvalue weighted by molar-refractivity contribution is 0.107. The first kappa shape index (κ1) is 11.9. The first-order valence-electron chi connectivity index (χ1n) is 6.82. The van der Waals surface area contributed by atoms with E-state index in [2.05, 4.69) is 9.80 Å². The predicted octanol–water partition coefficient (Wildman–Crippen LogP) is 1.62. The molecule has 1 saturated carbocycles. The Hall–Kier alpha value is -1.13. The Bertz CT molecular complexity index is 404. The molecule has 0 aromatic carbocycles. The minimum Gasteiger partial charge on any atom is -0.457 e. The van der Waals surface area contributed by atoms with Crippen molar-refractivity contribution in [2.45, 2.75) is 19.4 Å². The van der Waals surface area contributed by atoms with Crippen molar-refractivity contribution in [3.8, 4) is 0 Å². The smallest absolute Gasteiger partial charge is 0.185 e. The third-order valence-corrected chi connectivity index (χ3v) is 3.86. The second-order valence-corrected chi connectivity index (χ2v) is 5.44. The van der Waals surface area contributed by atoms with Crippen molar-refractivity contribution in [1.82, 2.24) is 9.80 Å². The molecule has 1 saturated heterocycles. The number of hydrogen-bond acceptors (Lipinski definition) is 4. The molecule has 0 N–H and O–H groups in total. The van der Waals surface area contributed by atoms with E-state index >= 15 is 0 Å². The van der Waals surface area contributed by atoms with Crippen LogP contribution in [0.15, 0.2) is 16.5 Å². The lowest BCUT2D eigenvalue weighted by Gasteiger charge is -2.34. The number of furan rings is 1. The zero-order valence-electron chi connectivity index (χ0n) is 10.7. The lowest BCUT2D eigenvalue weighted by Crippen LogP contribution is -2.46. The fraction of sp³-hybridized carbons (Fsp3) is 0.643. The fourth-order valence-electron chi connectivity index (χ4n) is 2.56. The summed E-state index contributed by atoms with van der Waals surface area (Å²) in [6, 6.07) is 3.64. The summed E-state index contributed by atoms with van der Waals surface area (Å²) in [6.07, 6.45) is 3.62. The summed E-state index contributed by atoms with van der Waals surface area (Å²) in [5.41, 5.74) is 0. The van der Waals surface area contributed by atoms with Crippen LogP contribution in [0.25, 0.3) is 0 Å². The highest BCUT2D eigenvalue weighted by molar-refractivity contribution is 5.70. The van der Waals surface area contributed by atoms with Crippen molar-refractivity contribution >= 4 is 6.29 Å². The van der Waals surface area contributed by atoms with E-state index in [4.69, 9.17) is 4.42 Å². The van der Waals surface area contributed by atoms with Crippen LogP contribution in [0.1, 0.15) is 29.2 Å². The topological polar surface area (TPSA) is 36.7 Å². The minimum atomic E-state index is 0.428. The molecule has 1 aromatic rings. The molecule has 18 heavy (non-hydrogen) atoms. The van der Waals surface area contributed by atoms with E-state index in [1.165, 1.54) is 19.4 Å². The number of carbonyl (C=O) groups is 1. The van der Waals surface area contributed by atoms with Crippen LogP contribution in [0.3, 0.4) is 0 Å². The molecule has 1 aromatic heterocycles. The van der Waals surface area contributed by atoms with E-state index in [9.17, 15) is 4.79 Å². The molecular formula is C14H20N2O2. The van der Waals surface area contributed by atoms with E-state index in [1.54, 1.807) is 6.07 Å². The van der Waals surface area contributed by atoms with Gasteiger partial charge in [-0.3, -0.25) is 9.69 Å². The second kappa shape index (κ2) is 5.24. The van der Waals surface area contributed by atoms with E-state index in [0.717, 1.165) is 50.7 Å². The maximum absolute atomic E-state index is 10.5. The Balaban J connectivity index is 1.45. The van der Waals surface area contributed by atoms with Crippen LogP contribution in [0, 0.1) is 5.92 Å². The number of carbonyl (C=O) groups excluding carboxylic acids is 1. The van der Waals surface area contributed by atoms with Gasteiger partial charge in [0.25, 0.3) is 0 Å². The maximum Gasteiger partial charge on any atom is 0.185 e. The second-order valence-electron chi connectivity index (χ2n) is 5.44. The summed E-state index contributed by atoms with van der Waals surface area (Å²) in [4.78, 5) is 15.5. The molecule has 4 heteroatoms. The Morgan fingerprint density at radius 3 is 2.50 bits per heavy atom. The molecule has 2 aliphatic rings. The van der Waals surface area contributed by atoms with Gasteiger partial charge in [-0.2, -0.15) is 0 Å². The Kier molecular flexibility index (Phi) is 3.48. The molecule has 0 bridgehead atoms. The van der Waals surface area contributed by atoms with Crippen LogP contribution in [0.4, 0.5) is 0 Å². The van der Waals surface area contributed by atoms with Gasteiger partial charge < -0.3 is 9.32 Å². The van der Waals surface area contributed by atoms with Gasteiger partial charge in [-0.05, 0) is 30.9 Å². The third-order valence-electron chi connectivity index (χ3n) is 3.86. The SMILES string of the molecule is O=Cc1ccc(CN2CCN(CC3CC3)CC2)o1. The van der Waals surface area contributed by atoms with Gasteiger partial charge in [0.15, 0.2) is 12.0 Å². The van der Waals surface area contributed by atoms with Gasteiger partial charge in [0.2, 0.25) is 0 Å². The van der Waals surface area contributed by atoms with Crippen LogP contribution in [-0.2, 0) is 6.54 Å². The molecule has 1 aliphatic carbocycles. The normalized spacial score (nSPS) is 22.2. The summed E-state index contributed by atoms with van der Waals surface area (Å²) < 4.78 is 5.41. The van der Waals surface area contributed by atoms with Gasteiger partial charge in [0.1, 0.15) is 5.76 Å². The van der Waals surface area contributed by atoms with Gasteiger partial charge in [-0.1, -0.05) is 0 Å². The van der Waals surface area contributed by atoms with Gasteiger partial charge in [-0.25, -0.2) is 0 Å². The van der Waals surface area contributed by atoms with Crippen LogP contribution < -0.4 is 0 Å². The number of aldehydes is 1. The molecule has 4 nitrogen and oxygen atoms in total. The average Bonchev–Trinajstić information content (AvgIpc) is 3.09. The largest absolute Gasteiger partial charge is 0.457 e. The highest BCUT2D eigenvalue weighted by Gasteiger charge is 2.26. The quantitative estimate of drug-likeness (QED) is 0.742. The van der Waals surface area contributed by atoms with Crippen molar-refractivity contribution in [1.29, 1.82) is 0 Å². The first-order valence-corrected chi connectivity index (χ1v) is 6.82. The number of nitrogens with zero attached hydrogens (tertiary/aromatic N) is 2. The van der Waals surface area contributed by atoms with Crippen LogP contribution in [0.5, 0.6) is 0 Å². The lowest BCUT2D eigenvalue weighted by atomic mass is 10.2. The number of piperazine rings is 1. The molecule has 3 rings (SSSR count). The zero-order chi connectivity index (χ0) is 12.4. The Labute approximate surface area is 108 Å². The number of rotatable bonds is 5. The molecule has 2 fully saturated rings. The average molecular weight is 248 g/mol. The van der Waals surface area contributed by atoms with Crippen molar-refractivity contribution < 1.29 is 9.21 Å². The minimum absolute atomic E-state index is 0.428. The summed E-state index contributed by atoms with van der Waals surface area (Å²) in [5, 5.41) is 0. The molecule has 0 unspecified atom stereocenters. The van der Waals surface area contributed by atoms with Crippen LogP contribution in [-0.4, -0.2) is 48.8 Å². The summed E-state index contributed by atoms with van der Waals surface area (Å²) >= 11 is 0. The van der Waals surface area contributed by atoms with Gasteiger partial charge >= 0.3 is 0 Å². The van der Waals surface area contributed by atoms with Crippen molar-refractivity contribution in [2.24, 2.45) is 5.92 Å². The maximum atomic E-state index is 10.5. The van der Waals surface area contributed by atoms with E-state index in [-0.39, 0.29) is 0 Å². The third kappa shape index (κ3) is 3.00. The van der Waals surface area contributed by atoms with Crippen LogP contribution in [0.2, 0.25) is 0 Å². The standard InChI is InChI=1S/C14H20N2O2/c17-11-14-4-3-13(18-14)10-16-7-5-15(6-8-16)9-12-1-2-12/h3-4,11-12H,1-2,5-10H2. The van der Waals surface area contributed by atoms with Crippen molar-refractivity contribution in [3.05, 3.63) is 23.7 Å². The van der Waals surface area contributed by atoms with Crippen LogP contribution >= 0.6 is 0 Å². The molecule has 0 spiro atoms. The zero-order valence-corrected chi connectivity index (χ0v) is 10.7. The fourth-order valence-corrected chi connectivity index (χ4v) is 2.56. The first-order chi connectivity index (χ1) is 8.83. The Morgan fingerprint density at radius 2 is 1.89 bits per heavy atom. The summed E-state index contributed by atoms with van der Waals surface area (Å²) in [7, 11) is 0. The van der Waals surface area contributed by atoms with Gasteiger partial charge in [0.05, 0.1) is 6.54 Å². The van der Waals surface area contributed by atoms with Crippen molar-refractivity contribution in [2.75, 3.05) is 32.7 Å². The molecule has 98 valence electrons. The van der Waals surface area contributed by atoms with E-state index in [1.807, 2.05) is 6.07 Å². The highest BCUT2D eigenvalue weighted by Crippen LogP contribution is 2.29. The highest BCUT2D eigenvalue weighted by atomic mass is 16.3. The van der Waals surface area contributed by atoms with Gasteiger partial charge in [-0.15, -0.1) is 0 Å². The summed E-state index contributed by atoms with van der Waals surface area (Å²) in [6.45, 7) is 6.65. The van der Waals surface area contributed by atoms with Crippen molar-refractivity contribution in [3.63, 3.8) is 0 Å². The van der Waals surface area contributed by atoms with E-state index in [0.29, 0.717) is 5.76 Å². The molecule has 1 aliphatic heterocycles. The molecule has 2 heterocycles. The molecule has 0 radical (unpaired) electrons. The van der Waals surface area contributed by atoms with Gasteiger partial charge in [0, 0.05) is 32.7 Å². The molecular weight excluding hydrogens is 228 g/mol. The number of hydrogen-bond donors (Lipinski definition) is 0. The molecule has 0 atom stereocenters.